The summed E-state index contributed by atoms with van der Waals surface area (Å²) < 4.78 is 0.924. The van der Waals surface area contributed by atoms with Crippen LogP contribution in [0.3, 0.4) is 0 Å². The molecule has 0 saturated heterocycles. The summed E-state index contributed by atoms with van der Waals surface area (Å²) in [4.78, 5) is 13.8. The van der Waals surface area contributed by atoms with Crippen molar-refractivity contribution in [2.24, 2.45) is 5.73 Å². The van der Waals surface area contributed by atoms with E-state index in [0.717, 1.165) is 9.35 Å². The molecule has 0 aliphatic carbocycles. The number of nitriles is 1. The van der Waals surface area contributed by atoms with Crippen LogP contribution in [-0.4, -0.2) is 11.0 Å². The zero-order valence-corrected chi connectivity index (χ0v) is 14.5. The van der Waals surface area contributed by atoms with Crippen molar-refractivity contribution in [3.05, 3.63) is 67.3 Å². The van der Waals surface area contributed by atoms with Crippen molar-refractivity contribution < 1.29 is 4.79 Å². The van der Waals surface area contributed by atoms with Crippen LogP contribution in [0.1, 0.15) is 21.2 Å². The van der Waals surface area contributed by atoms with E-state index in [2.05, 4.69) is 22.0 Å². The number of thioether (sulfide) groups is 1. The molecule has 1 aromatic carbocycles. The molecule has 0 amide bonds. The fourth-order valence-electron chi connectivity index (χ4n) is 2.44. The Morgan fingerprint density at radius 3 is 2.59 bits per heavy atom. The minimum Gasteiger partial charge on any atom is -0.393 e. The van der Waals surface area contributed by atoms with Crippen molar-refractivity contribution in [1.82, 2.24) is 0 Å². The van der Waals surface area contributed by atoms with E-state index in [1.807, 2.05) is 29.6 Å². The lowest BCUT2D eigenvalue weighted by Gasteiger charge is -2.17. The molecule has 1 aliphatic heterocycles. The van der Waals surface area contributed by atoms with Crippen molar-refractivity contribution in [2.45, 2.75) is 11.2 Å². The Hall–Kier alpha value is -1.55. The lowest BCUT2D eigenvalue weighted by atomic mass is 9.91. The molecule has 1 aromatic heterocycles. The number of nitrogens with zero attached hydrogens (tertiary/aromatic N) is 1. The van der Waals surface area contributed by atoms with Crippen molar-refractivity contribution in [3.8, 4) is 6.07 Å². The molecule has 2 N–H and O–H groups in total. The number of nitrogens with two attached hydrogens (primary N) is 1. The van der Waals surface area contributed by atoms with Crippen LogP contribution in [0.2, 0.25) is 0 Å². The molecular weight excluding hydrogens is 380 g/mol. The minimum atomic E-state index is -0.380. The smallest absolute Gasteiger partial charge is 0.177 e. The first-order valence-corrected chi connectivity index (χ1v) is 9.06. The van der Waals surface area contributed by atoms with Gasteiger partial charge in [-0.05, 0) is 23.6 Å². The first kappa shape index (κ1) is 15.3. The number of hydrogen-bond acceptors (Lipinski definition) is 5. The highest BCUT2D eigenvalue weighted by atomic mass is 79.9. The Kier molecular flexibility index (Phi) is 4.39. The van der Waals surface area contributed by atoms with Crippen LogP contribution in [-0.2, 0) is 0 Å². The lowest BCUT2D eigenvalue weighted by molar-refractivity contribution is 0.0986. The third-order valence-corrected chi connectivity index (χ3v) is 6.19. The summed E-state index contributed by atoms with van der Waals surface area (Å²) >= 11 is 6.20. The third kappa shape index (κ3) is 2.72. The predicted octanol–water partition coefficient (Wildman–Crippen LogP) is 4.29. The fourth-order valence-corrected chi connectivity index (χ4v) is 4.90. The topological polar surface area (TPSA) is 66.9 Å². The maximum Gasteiger partial charge on any atom is 0.177 e. The second-order valence-electron chi connectivity index (χ2n) is 4.79. The number of carbonyl (C=O) groups excluding carboxylic acids is 1. The van der Waals surface area contributed by atoms with Gasteiger partial charge in [0.2, 0.25) is 0 Å². The SMILES string of the molecule is N#CC1=C(N)S[C@H](C(=O)c2ccc(Br)cc2)[C@@H]1c1cccs1. The molecule has 2 heterocycles. The van der Waals surface area contributed by atoms with Crippen molar-refractivity contribution in [2.75, 3.05) is 0 Å². The van der Waals surface area contributed by atoms with Crippen LogP contribution >= 0.6 is 39.0 Å². The Morgan fingerprint density at radius 1 is 1.27 bits per heavy atom. The zero-order chi connectivity index (χ0) is 15.7. The average molecular weight is 391 g/mol. The quantitative estimate of drug-likeness (QED) is 0.793. The number of halogens is 1. The van der Waals surface area contributed by atoms with E-state index in [9.17, 15) is 10.1 Å². The zero-order valence-electron chi connectivity index (χ0n) is 11.3. The van der Waals surface area contributed by atoms with Gasteiger partial charge in [-0.3, -0.25) is 4.79 Å². The van der Waals surface area contributed by atoms with Crippen molar-refractivity contribution >= 4 is 44.8 Å². The van der Waals surface area contributed by atoms with Crippen LogP contribution in [0.4, 0.5) is 0 Å². The molecule has 0 saturated carbocycles. The van der Waals surface area contributed by atoms with Gasteiger partial charge >= 0.3 is 0 Å². The van der Waals surface area contributed by atoms with Gasteiger partial charge in [0.05, 0.1) is 27.8 Å². The number of benzene rings is 1. The molecule has 0 bridgehead atoms. The average Bonchev–Trinajstić information content (AvgIpc) is 3.14. The molecule has 2 atom stereocenters. The third-order valence-electron chi connectivity index (χ3n) is 3.49. The highest BCUT2D eigenvalue weighted by Gasteiger charge is 2.41. The summed E-state index contributed by atoms with van der Waals surface area (Å²) in [6, 6.07) is 13.3. The maximum atomic E-state index is 12.8. The van der Waals surface area contributed by atoms with E-state index < -0.39 is 0 Å². The summed E-state index contributed by atoms with van der Waals surface area (Å²) in [7, 11) is 0. The molecule has 0 unspecified atom stereocenters. The van der Waals surface area contributed by atoms with Gasteiger partial charge in [0.15, 0.2) is 5.78 Å². The van der Waals surface area contributed by atoms with Crippen LogP contribution in [0, 0.1) is 11.3 Å². The van der Waals surface area contributed by atoms with Crippen molar-refractivity contribution in [3.63, 3.8) is 0 Å². The van der Waals surface area contributed by atoms with E-state index in [1.165, 1.54) is 11.8 Å². The van der Waals surface area contributed by atoms with Crippen LogP contribution in [0.25, 0.3) is 0 Å². The fraction of sp³-hybridized carbons (Fsp3) is 0.125. The monoisotopic (exact) mass is 390 g/mol. The molecule has 110 valence electrons. The molecule has 0 spiro atoms. The van der Waals surface area contributed by atoms with Gasteiger partial charge in [-0.2, -0.15) is 5.26 Å². The number of rotatable bonds is 3. The molecule has 3 rings (SSSR count). The van der Waals surface area contributed by atoms with Gasteiger partial charge in [-0.1, -0.05) is 45.9 Å². The Bertz CT molecular complexity index is 775. The van der Waals surface area contributed by atoms with Gasteiger partial charge in [-0.15, -0.1) is 11.3 Å². The van der Waals surface area contributed by atoms with Crippen LogP contribution in [0.5, 0.6) is 0 Å². The van der Waals surface area contributed by atoms with Crippen molar-refractivity contribution in [1.29, 1.82) is 5.26 Å². The van der Waals surface area contributed by atoms with E-state index >= 15 is 0 Å². The molecule has 0 fully saturated rings. The van der Waals surface area contributed by atoms with Crippen LogP contribution < -0.4 is 5.73 Å². The number of hydrogen-bond donors (Lipinski definition) is 1. The summed E-state index contributed by atoms with van der Waals surface area (Å²) in [6.07, 6.45) is 0. The molecule has 6 heteroatoms. The second-order valence-corrected chi connectivity index (χ2v) is 7.87. The second kappa shape index (κ2) is 6.29. The van der Waals surface area contributed by atoms with E-state index in [4.69, 9.17) is 5.73 Å². The molecule has 1 aliphatic rings. The summed E-state index contributed by atoms with van der Waals surface area (Å²) in [5.74, 6) is -0.254. The Labute approximate surface area is 145 Å². The Balaban J connectivity index is 1.98. The minimum absolute atomic E-state index is 0.00380. The van der Waals surface area contributed by atoms with E-state index in [1.54, 1.807) is 23.5 Å². The molecular formula is C16H11BrN2OS2. The molecule has 0 radical (unpaired) electrons. The number of carbonyl (C=O) groups is 1. The molecule has 22 heavy (non-hydrogen) atoms. The van der Waals surface area contributed by atoms with Gasteiger partial charge in [0.25, 0.3) is 0 Å². The largest absolute Gasteiger partial charge is 0.393 e. The Morgan fingerprint density at radius 2 is 2.00 bits per heavy atom. The highest BCUT2D eigenvalue weighted by molar-refractivity contribution is 9.10. The lowest BCUT2D eigenvalue weighted by Crippen LogP contribution is -2.22. The molecule has 2 aromatic rings. The first-order valence-electron chi connectivity index (χ1n) is 6.51. The van der Waals surface area contributed by atoms with Crippen LogP contribution in [0.15, 0.2) is 56.9 Å². The number of ketones is 1. The number of Topliss-reactive ketones (excluding diaryl/α,β-unsaturated/α-hetero) is 1. The first-order chi connectivity index (χ1) is 10.6. The van der Waals surface area contributed by atoms with Gasteiger partial charge in [-0.25, -0.2) is 0 Å². The molecule has 3 nitrogen and oxygen atoms in total. The van der Waals surface area contributed by atoms with E-state index in [-0.39, 0.29) is 17.0 Å². The highest BCUT2D eigenvalue weighted by Crippen LogP contribution is 2.47. The normalized spacial score (nSPS) is 20.9. The summed E-state index contributed by atoms with van der Waals surface area (Å²) in [5.41, 5.74) is 7.12. The standard InChI is InChI=1S/C16H11BrN2OS2/c17-10-5-3-9(4-6-10)14(20)15-13(12-2-1-7-21-12)11(8-18)16(19)22-15/h1-7,13,15H,19H2/t13-,15-/m0/s1. The van der Waals surface area contributed by atoms with Gasteiger partial charge in [0, 0.05) is 14.9 Å². The maximum absolute atomic E-state index is 12.8. The summed E-state index contributed by atoms with van der Waals surface area (Å²) in [5, 5.41) is 11.4. The summed E-state index contributed by atoms with van der Waals surface area (Å²) in [6.45, 7) is 0. The van der Waals surface area contributed by atoms with Gasteiger partial charge in [0.1, 0.15) is 0 Å². The van der Waals surface area contributed by atoms with Gasteiger partial charge < -0.3 is 5.73 Å². The number of thiophene rings is 1. The number of allylic oxidation sites excluding steroid dienone is 1. The van der Waals surface area contributed by atoms with E-state index in [0.29, 0.717) is 16.2 Å². The predicted molar refractivity (Wildman–Crippen MR) is 93.7 cm³/mol.